The third-order valence-corrected chi connectivity index (χ3v) is 5.82. The Bertz CT molecular complexity index is 1320. The number of fused-ring (bicyclic) bond motifs is 1. The summed E-state index contributed by atoms with van der Waals surface area (Å²) in [4.78, 5) is 36.3. The third-order valence-electron chi connectivity index (χ3n) is 5.82. The molecule has 1 aliphatic rings. The highest BCUT2D eigenvalue weighted by atomic mass is 16.2. The highest BCUT2D eigenvalue weighted by molar-refractivity contribution is 5.97. The number of amides is 1. The van der Waals surface area contributed by atoms with Crippen molar-refractivity contribution in [2.75, 3.05) is 11.4 Å². The van der Waals surface area contributed by atoms with Gasteiger partial charge in [0.2, 0.25) is 5.91 Å². The van der Waals surface area contributed by atoms with Crippen molar-refractivity contribution in [2.45, 2.75) is 26.2 Å². The van der Waals surface area contributed by atoms with E-state index < -0.39 is 0 Å². The van der Waals surface area contributed by atoms with Crippen molar-refractivity contribution < 1.29 is 4.79 Å². The van der Waals surface area contributed by atoms with Gasteiger partial charge in [-0.15, -0.1) is 0 Å². The van der Waals surface area contributed by atoms with Gasteiger partial charge in [0.1, 0.15) is 0 Å². The second kappa shape index (κ2) is 6.95. The molecule has 1 atom stereocenters. The van der Waals surface area contributed by atoms with Crippen LogP contribution in [-0.4, -0.2) is 32.0 Å². The van der Waals surface area contributed by atoms with Crippen molar-refractivity contribution in [1.82, 2.24) is 19.6 Å². The average Bonchev–Trinajstić information content (AvgIpc) is 3.35. The minimum absolute atomic E-state index is 0.0546. The van der Waals surface area contributed by atoms with Crippen molar-refractivity contribution in [3.05, 3.63) is 81.9 Å². The first kappa shape index (κ1) is 18.3. The fourth-order valence-corrected chi connectivity index (χ4v) is 4.04. The van der Waals surface area contributed by atoms with E-state index in [1.54, 1.807) is 6.20 Å². The lowest BCUT2D eigenvalue weighted by molar-refractivity contribution is -0.117. The van der Waals surface area contributed by atoms with Gasteiger partial charge in [-0.1, -0.05) is 18.2 Å². The van der Waals surface area contributed by atoms with Gasteiger partial charge in [0.25, 0.3) is 5.56 Å². The fraction of sp³-hybridized carbons (Fsp3) is 0.217. The number of anilines is 1. The second-order valence-corrected chi connectivity index (χ2v) is 7.72. The number of hydrogen-bond donors (Lipinski definition) is 1. The highest BCUT2D eigenvalue weighted by Gasteiger charge is 2.33. The number of nitrogens with one attached hydrogen (secondary N) is 1. The molecule has 7 nitrogen and oxygen atoms in total. The zero-order valence-corrected chi connectivity index (χ0v) is 16.8. The van der Waals surface area contributed by atoms with Crippen molar-refractivity contribution in [1.29, 1.82) is 0 Å². The van der Waals surface area contributed by atoms with E-state index in [2.05, 4.69) is 10.1 Å². The third kappa shape index (κ3) is 2.99. The molecule has 150 valence electrons. The Morgan fingerprint density at radius 3 is 2.73 bits per heavy atom. The summed E-state index contributed by atoms with van der Waals surface area (Å²) >= 11 is 0. The summed E-state index contributed by atoms with van der Waals surface area (Å²) in [5, 5.41) is 3.06. The monoisotopic (exact) mass is 399 g/mol. The van der Waals surface area contributed by atoms with Crippen molar-refractivity contribution in [3.63, 3.8) is 0 Å². The van der Waals surface area contributed by atoms with E-state index in [-0.39, 0.29) is 17.4 Å². The van der Waals surface area contributed by atoms with E-state index in [0.717, 1.165) is 28.2 Å². The minimum atomic E-state index is -0.199. The molecule has 4 heterocycles. The zero-order chi connectivity index (χ0) is 20.8. The summed E-state index contributed by atoms with van der Waals surface area (Å²) in [6, 6.07) is 14.9. The quantitative estimate of drug-likeness (QED) is 0.573. The fourth-order valence-electron chi connectivity index (χ4n) is 4.04. The number of nitrogens with zero attached hydrogens (tertiary/aromatic N) is 4. The minimum Gasteiger partial charge on any atom is -0.311 e. The summed E-state index contributed by atoms with van der Waals surface area (Å²) in [5.74, 6) is -0.0674. The summed E-state index contributed by atoms with van der Waals surface area (Å²) in [5.41, 5.74) is 5.60. The molecular formula is C23H21N5O2. The lowest BCUT2D eigenvalue weighted by Crippen LogP contribution is -2.25. The van der Waals surface area contributed by atoms with Gasteiger partial charge >= 0.3 is 0 Å². The van der Waals surface area contributed by atoms with Gasteiger partial charge in [-0.25, -0.2) is 9.50 Å². The van der Waals surface area contributed by atoms with Crippen molar-refractivity contribution in [2.24, 2.45) is 0 Å². The van der Waals surface area contributed by atoms with Crippen LogP contribution >= 0.6 is 0 Å². The summed E-state index contributed by atoms with van der Waals surface area (Å²) in [6.07, 6.45) is 2.04. The molecule has 0 saturated carbocycles. The predicted octanol–water partition coefficient (Wildman–Crippen LogP) is 3.22. The Morgan fingerprint density at radius 2 is 1.93 bits per heavy atom. The SMILES string of the molecule is Cc1cccc(N2CC(c3cc(=O)n4[nH]c(-c5ccccn5)cc4n3)CC2=O)c1C. The molecule has 0 aliphatic carbocycles. The maximum Gasteiger partial charge on any atom is 0.272 e. The van der Waals surface area contributed by atoms with Crippen LogP contribution in [0.4, 0.5) is 5.69 Å². The van der Waals surface area contributed by atoms with E-state index in [0.29, 0.717) is 24.3 Å². The van der Waals surface area contributed by atoms with Gasteiger partial charge in [0, 0.05) is 42.9 Å². The number of H-pyrrole nitrogens is 1. The molecule has 1 fully saturated rings. The smallest absolute Gasteiger partial charge is 0.272 e. The molecule has 30 heavy (non-hydrogen) atoms. The first-order chi connectivity index (χ1) is 14.5. The summed E-state index contributed by atoms with van der Waals surface area (Å²) in [7, 11) is 0. The number of pyridine rings is 1. The molecule has 1 unspecified atom stereocenters. The van der Waals surface area contributed by atoms with Gasteiger partial charge < -0.3 is 4.90 Å². The van der Waals surface area contributed by atoms with E-state index >= 15 is 0 Å². The molecule has 1 amide bonds. The Morgan fingerprint density at radius 1 is 1.07 bits per heavy atom. The molecule has 0 spiro atoms. The molecule has 3 aromatic heterocycles. The second-order valence-electron chi connectivity index (χ2n) is 7.72. The molecule has 0 bridgehead atoms. The maximum absolute atomic E-state index is 12.8. The number of benzene rings is 1. The van der Waals surface area contributed by atoms with Crippen LogP contribution in [0.3, 0.4) is 0 Å². The highest BCUT2D eigenvalue weighted by Crippen LogP contribution is 2.33. The number of aromatic nitrogens is 4. The van der Waals surface area contributed by atoms with Crippen LogP contribution in [0.2, 0.25) is 0 Å². The Balaban J connectivity index is 1.50. The van der Waals surface area contributed by atoms with Crippen LogP contribution in [0.5, 0.6) is 0 Å². The molecular weight excluding hydrogens is 378 g/mol. The van der Waals surface area contributed by atoms with E-state index in [4.69, 9.17) is 4.98 Å². The largest absolute Gasteiger partial charge is 0.311 e. The van der Waals surface area contributed by atoms with Gasteiger partial charge in [-0.05, 0) is 43.2 Å². The van der Waals surface area contributed by atoms with Gasteiger partial charge in [-0.3, -0.25) is 19.7 Å². The van der Waals surface area contributed by atoms with Crippen molar-refractivity contribution >= 4 is 17.2 Å². The number of rotatable bonds is 3. The molecule has 7 heteroatoms. The Kier molecular flexibility index (Phi) is 4.24. The van der Waals surface area contributed by atoms with Crippen LogP contribution in [0.15, 0.2) is 59.5 Å². The van der Waals surface area contributed by atoms with Crippen LogP contribution in [-0.2, 0) is 4.79 Å². The van der Waals surface area contributed by atoms with Crippen LogP contribution < -0.4 is 10.5 Å². The Hall–Kier alpha value is -3.74. The first-order valence-corrected chi connectivity index (χ1v) is 9.92. The normalized spacial score (nSPS) is 16.5. The van der Waals surface area contributed by atoms with Gasteiger partial charge in [-0.2, -0.15) is 0 Å². The van der Waals surface area contributed by atoms with Gasteiger partial charge in [0.15, 0.2) is 5.65 Å². The topological polar surface area (TPSA) is 83.4 Å². The zero-order valence-electron chi connectivity index (χ0n) is 16.8. The summed E-state index contributed by atoms with van der Waals surface area (Å²) in [6.45, 7) is 4.59. The van der Waals surface area contributed by atoms with Crippen LogP contribution in [0.25, 0.3) is 17.0 Å². The predicted molar refractivity (Wildman–Crippen MR) is 115 cm³/mol. The number of carbonyl (C=O) groups excluding carboxylic acids is 1. The molecule has 5 rings (SSSR count). The standard InChI is InChI=1S/C23H21N5O2/c1-14-6-5-8-20(15(14)2)27-13-16(10-22(27)29)18-12-23(30)28-21(25-18)11-19(26-28)17-7-3-4-9-24-17/h3-9,11-12,16,26H,10,13H2,1-2H3. The van der Waals surface area contributed by atoms with Crippen LogP contribution in [0.1, 0.15) is 29.2 Å². The molecule has 1 N–H and O–H groups in total. The van der Waals surface area contributed by atoms with Crippen molar-refractivity contribution in [3.8, 4) is 11.4 Å². The van der Waals surface area contributed by atoms with E-state index in [1.165, 1.54) is 10.6 Å². The number of aromatic amines is 1. The van der Waals surface area contributed by atoms with Crippen LogP contribution in [0, 0.1) is 13.8 Å². The molecule has 1 aromatic carbocycles. The first-order valence-electron chi connectivity index (χ1n) is 9.92. The molecule has 4 aromatic rings. The number of carbonyl (C=O) groups is 1. The van der Waals surface area contributed by atoms with E-state index in [9.17, 15) is 9.59 Å². The summed E-state index contributed by atoms with van der Waals surface area (Å²) < 4.78 is 1.41. The number of aryl methyl sites for hydroxylation is 1. The molecule has 0 radical (unpaired) electrons. The lowest BCUT2D eigenvalue weighted by atomic mass is 10.0. The molecule has 1 saturated heterocycles. The van der Waals surface area contributed by atoms with E-state index in [1.807, 2.05) is 61.2 Å². The molecule has 1 aliphatic heterocycles. The lowest BCUT2D eigenvalue weighted by Gasteiger charge is -2.20. The van der Waals surface area contributed by atoms with Gasteiger partial charge in [0.05, 0.1) is 17.1 Å². The Labute approximate surface area is 173 Å². The average molecular weight is 399 g/mol. The maximum atomic E-state index is 12.8. The number of hydrogen-bond acceptors (Lipinski definition) is 4.